The molecule has 2 aromatic heterocycles. The van der Waals surface area contributed by atoms with Crippen LogP contribution < -0.4 is 0 Å². The van der Waals surface area contributed by atoms with Crippen molar-refractivity contribution in [2.45, 2.75) is 12.5 Å². The van der Waals surface area contributed by atoms with Crippen LogP contribution in [-0.2, 0) is 6.42 Å². The van der Waals surface area contributed by atoms with E-state index in [2.05, 4.69) is 20.9 Å². The maximum absolute atomic E-state index is 12.6. The van der Waals surface area contributed by atoms with Crippen LogP contribution in [0.2, 0.25) is 0 Å². The normalized spacial score (nSPS) is 12.7. The van der Waals surface area contributed by atoms with Gasteiger partial charge in [0.15, 0.2) is 0 Å². The Bertz CT molecular complexity index is 471. The molecule has 1 unspecified atom stereocenters. The van der Waals surface area contributed by atoms with Crippen molar-refractivity contribution >= 4 is 27.3 Å². The molecule has 2 rings (SSSR count). The van der Waals surface area contributed by atoms with E-state index in [4.69, 9.17) is 0 Å². The third-order valence-electron chi connectivity index (χ3n) is 2.11. The van der Waals surface area contributed by atoms with Crippen molar-refractivity contribution < 1.29 is 9.50 Å². The molecular formula is C11H9BrFNOS. The van der Waals surface area contributed by atoms with Crippen LogP contribution in [0.3, 0.4) is 0 Å². The Morgan fingerprint density at radius 2 is 2.31 bits per heavy atom. The van der Waals surface area contributed by atoms with Crippen molar-refractivity contribution in [3.8, 4) is 0 Å². The molecule has 5 heteroatoms. The summed E-state index contributed by atoms with van der Waals surface area (Å²) in [6, 6.07) is 4.76. The molecule has 0 amide bonds. The second-order valence-corrected chi connectivity index (χ2v) is 5.26. The summed E-state index contributed by atoms with van der Waals surface area (Å²) in [5.74, 6) is -0.394. The maximum Gasteiger partial charge on any atom is 0.141 e. The molecule has 1 N–H and O–H groups in total. The Morgan fingerprint density at radius 1 is 1.50 bits per heavy atom. The number of aliphatic hydroxyl groups is 1. The average Bonchev–Trinajstić information content (AvgIpc) is 2.65. The van der Waals surface area contributed by atoms with Gasteiger partial charge in [-0.3, -0.25) is 4.98 Å². The van der Waals surface area contributed by atoms with Crippen molar-refractivity contribution in [1.82, 2.24) is 4.98 Å². The number of aliphatic hydroxyl groups excluding tert-OH is 1. The molecule has 0 radical (unpaired) electrons. The summed E-state index contributed by atoms with van der Waals surface area (Å²) < 4.78 is 13.6. The molecule has 0 saturated heterocycles. The van der Waals surface area contributed by atoms with Crippen molar-refractivity contribution in [2.75, 3.05) is 0 Å². The van der Waals surface area contributed by atoms with Gasteiger partial charge in [-0.1, -0.05) is 0 Å². The van der Waals surface area contributed by atoms with Gasteiger partial charge in [-0.15, -0.1) is 11.3 Å². The summed E-state index contributed by atoms with van der Waals surface area (Å²) in [6.07, 6.45) is 0.920. The number of hydrogen-bond acceptors (Lipinski definition) is 3. The maximum atomic E-state index is 12.6. The molecule has 84 valence electrons. The first-order valence-corrected chi connectivity index (χ1v) is 6.35. The third kappa shape index (κ3) is 2.87. The quantitative estimate of drug-likeness (QED) is 0.943. The molecule has 0 bridgehead atoms. The third-order valence-corrected chi connectivity index (χ3v) is 3.83. The van der Waals surface area contributed by atoms with E-state index in [-0.39, 0.29) is 0 Å². The minimum absolute atomic E-state index is 0.394. The molecule has 0 aliphatic heterocycles. The monoisotopic (exact) mass is 301 g/mol. The number of nitrogens with zero attached hydrogens (tertiary/aromatic N) is 1. The Labute approximate surface area is 105 Å². The van der Waals surface area contributed by atoms with Gasteiger partial charge in [-0.25, -0.2) is 4.39 Å². The predicted molar refractivity (Wildman–Crippen MR) is 64.9 cm³/mol. The molecule has 0 spiro atoms. The number of rotatable bonds is 3. The Morgan fingerprint density at radius 3 is 2.88 bits per heavy atom. The van der Waals surface area contributed by atoms with Crippen LogP contribution in [0.5, 0.6) is 0 Å². The van der Waals surface area contributed by atoms with E-state index in [0.29, 0.717) is 12.1 Å². The van der Waals surface area contributed by atoms with Crippen LogP contribution in [-0.4, -0.2) is 10.1 Å². The molecule has 0 aromatic carbocycles. The molecule has 2 aromatic rings. The van der Waals surface area contributed by atoms with Gasteiger partial charge in [0.1, 0.15) is 11.9 Å². The van der Waals surface area contributed by atoms with Gasteiger partial charge >= 0.3 is 0 Å². The largest absolute Gasteiger partial charge is 0.386 e. The fraction of sp³-hybridized carbons (Fsp3) is 0.182. The highest BCUT2D eigenvalue weighted by atomic mass is 79.9. The first-order valence-electron chi connectivity index (χ1n) is 4.67. The van der Waals surface area contributed by atoms with E-state index in [9.17, 15) is 9.50 Å². The van der Waals surface area contributed by atoms with E-state index < -0.39 is 11.9 Å². The van der Waals surface area contributed by atoms with Crippen LogP contribution in [0.1, 0.15) is 16.7 Å². The zero-order valence-electron chi connectivity index (χ0n) is 8.23. The lowest BCUT2D eigenvalue weighted by molar-refractivity contribution is 0.174. The Kier molecular flexibility index (Phi) is 3.68. The SMILES string of the molecule is OC(Cc1cc(Br)cs1)c1ccc(F)cn1. The smallest absolute Gasteiger partial charge is 0.141 e. The molecule has 0 fully saturated rings. The van der Waals surface area contributed by atoms with Crippen LogP contribution in [0.15, 0.2) is 34.2 Å². The van der Waals surface area contributed by atoms with Crippen LogP contribution in [0, 0.1) is 5.82 Å². The molecule has 2 heterocycles. The van der Waals surface area contributed by atoms with E-state index in [1.54, 1.807) is 11.3 Å². The van der Waals surface area contributed by atoms with Gasteiger partial charge in [-0.05, 0) is 34.1 Å². The van der Waals surface area contributed by atoms with E-state index >= 15 is 0 Å². The van der Waals surface area contributed by atoms with E-state index in [0.717, 1.165) is 15.5 Å². The molecule has 1 atom stereocenters. The van der Waals surface area contributed by atoms with Crippen molar-refractivity contribution in [3.63, 3.8) is 0 Å². The molecule has 0 saturated carbocycles. The zero-order valence-corrected chi connectivity index (χ0v) is 10.6. The lowest BCUT2D eigenvalue weighted by atomic mass is 10.1. The number of pyridine rings is 1. The number of hydrogen-bond donors (Lipinski definition) is 1. The number of thiophene rings is 1. The molecule has 0 aliphatic carbocycles. The second kappa shape index (κ2) is 5.03. The van der Waals surface area contributed by atoms with Gasteiger partial charge < -0.3 is 5.11 Å². The average molecular weight is 302 g/mol. The zero-order chi connectivity index (χ0) is 11.5. The molecule has 2 nitrogen and oxygen atoms in total. The minimum Gasteiger partial charge on any atom is -0.386 e. The minimum atomic E-state index is -0.689. The second-order valence-electron chi connectivity index (χ2n) is 3.35. The lowest BCUT2D eigenvalue weighted by Gasteiger charge is -2.07. The fourth-order valence-electron chi connectivity index (χ4n) is 1.34. The van der Waals surface area contributed by atoms with E-state index in [1.165, 1.54) is 12.1 Å². The molecule has 16 heavy (non-hydrogen) atoms. The van der Waals surface area contributed by atoms with Gasteiger partial charge in [0.2, 0.25) is 0 Å². The summed E-state index contributed by atoms with van der Waals surface area (Å²) in [7, 11) is 0. The summed E-state index contributed by atoms with van der Waals surface area (Å²) >= 11 is 4.92. The van der Waals surface area contributed by atoms with Crippen molar-refractivity contribution in [1.29, 1.82) is 0 Å². The molecule has 0 aliphatic rings. The highest BCUT2D eigenvalue weighted by Gasteiger charge is 2.11. The van der Waals surface area contributed by atoms with Crippen LogP contribution in [0.4, 0.5) is 4.39 Å². The Hall–Kier alpha value is -0.780. The predicted octanol–water partition coefficient (Wildman–Crippen LogP) is 3.32. The van der Waals surface area contributed by atoms with Crippen molar-refractivity contribution in [2.24, 2.45) is 0 Å². The summed E-state index contributed by atoms with van der Waals surface area (Å²) in [4.78, 5) is 4.91. The lowest BCUT2D eigenvalue weighted by Crippen LogP contribution is -2.03. The van der Waals surface area contributed by atoms with Gasteiger partial charge in [0.25, 0.3) is 0 Å². The van der Waals surface area contributed by atoms with Crippen molar-refractivity contribution in [3.05, 3.63) is 50.6 Å². The standard InChI is InChI=1S/C11H9BrFNOS/c12-7-3-9(16-6-7)4-11(15)10-2-1-8(13)5-14-10/h1-3,5-6,11,15H,4H2. The number of aromatic nitrogens is 1. The van der Waals surface area contributed by atoms with Crippen LogP contribution in [0.25, 0.3) is 0 Å². The van der Waals surface area contributed by atoms with Gasteiger partial charge in [0, 0.05) is 21.2 Å². The van der Waals surface area contributed by atoms with Crippen LogP contribution >= 0.6 is 27.3 Å². The summed E-state index contributed by atoms with van der Waals surface area (Å²) in [5, 5.41) is 11.8. The Balaban J connectivity index is 2.08. The number of halogens is 2. The fourth-order valence-corrected chi connectivity index (χ4v) is 2.83. The van der Waals surface area contributed by atoms with E-state index in [1.807, 2.05) is 11.4 Å². The molecular weight excluding hydrogens is 293 g/mol. The summed E-state index contributed by atoms with van der Waals surface area (Å²) in [5.41, 5.74) is 0.492. The highest BCUT2D eigenvalue weighted by molar-refractivity contribution is 9.10. The topological polar surface area (TPSA) is 33.1 Å². The van der Waals surface area contributed by atoms with Gasteiger partial charge in [-0.2, -0.15) is 0 Å². The van der Waals surface area contributed by atoms with Gasteiger partial charge in [0.05, 0.1) is 11.9 Å². The first kappa shape index (κ1) is 11.7. The summed E-state index contributed by atoms with van der Waals surface area (Å²) in [6.45, 7) is 0. The highest BCUT2D eigenvalue weighted by Crippen LogP contribution is 2.24. The first-order chi connectivity index (χ1) is 7.65.